The van der Waals surface area contributed by atoms with Crippen LogP contribution in [0.1, 0.15) is 10.4 Å². The lowest BCUT2D eigenvalue weighted by Crippen LogP contribution is -2.12. The molecule has 2 aromatic carbocycles. The Bertz CT molecular complexity index is 1100. The molecule has 1 amide bonds. The van der Waals surface area contributed by atoms with Gasteiger partial charge < -0.3 is 15.0 Å². The second kappa shape index (κ2) is 7.05. The second-order valence-corrected chi connectivity index (χ2v) is 6.02. The quantitative estimate of drug-likeness (QED) is 0.497. The number of halogens is 2. The molecule has 2 aromatic heterocycles. The Labute approximate surface area is 158 Å². The van der Waals surface area contributed by atoms with Crippen molar-refractivity contribution in [2.45, 2.75) is 0 Å². The lowest BCUT2D eigenvalue weighted by molar-refractivity contribution is 0.102. The lowest BCUT2D eigenvalue weighted by Gasteiger charge is -2.07. The number of nitrogens with one attached hydrogen (secondary N) is 2. The van der Waals surface area contributed by atoms with Crippen molar-refractivity contribution in [2.75, 3.05) is 5.32 Å². The standard InChI is InChI=1S/C19H12ClFN4O2/c20-17-8-6-12(10-22-17)23-18(26)11-5-7-16(13(21)9-11)27-19-24-14-3-1-2-4-15(14)25-19/h1-10H,(H,23,26)(H,24,25). The summed E-state index contributed by atoms with van der Waals surface area (Å²) in [6.45, 7) is 0. The van der Waals surface area contributed by atoms with E-state index in [2.05, 4.69) is 20.3 Å². The number of hydrogen-bond acceptors (Lipinski definition) is 4. The van der Waals surface area contributed by atoms with Gasteiger partial charge in [-0.05, 0) is 42.5 Å². The molecule has 134 valence electrons. The van der Waals surface area contributed by atoms with Gasteiger partial charge in [-0.25, -0.2) is 9.37 Å². The zero-order valence-electron chi connectivity index (χ0n) is 13.7. The molecule has 0 atom stereocenters. The number of hydrogen-bond donors (Lipinski definition) is 2. The molecule has 0 radical (unpaired) electrons. The summed E-state index contributed by atoms with van der Waals surface area (Å²) in [4.78, 5) is 23.3. The Balaban J connectivity index is 1.51. The molecule has 27 heavy (non-hydrogen) atoms. The van der Waals surface area contributed by atoms with E-state index in [4.69, 9.17) is 16.3 Å². The van der Waals surface area contributed by atoms with Crippen LogP contribution >= 0.6 is 11.6 Å². The molecular formula is C19H12ClFN4O2. The van der Waals surface area contributed by atoms with E-state index in [0.717, 1.165) is 11.6 Å². The van der Waals surface area contributed by atoms with Gasteiger partial charge in [0.2, 0.25) is 0 Å². The minimum absolute atomic E-state index is 0.0428. The zero-order valence-corrected chi connectivity index (χ0v) is 14.5. The Hall–Kier alpha value is -3.45. The van der Waals surface area contributed by atoms with Gasteiger partial charge >= 0.3 is 0 Å². The third-order valence-corrected chi connectivity index (χ3v) is 3.98. The Kier molecular flexibility index (Phi) is 4.43. The van der Waals surface area contributed by atoms with E-state index >= 15 is 0 Å². The van der Waals surface area contributed by atoms with E-state index in [1.807, 2.05) is 24.3 Å². The molecule has 8 heteroatoms. The molecule has 2 N–H and O–H groups in total. The summed E-state index contributed by atoms with van der Waals surface area (Å²) in [6, 6.07) is 14.6. The van der Waals surface area contributed by atoms with Gasteiger partial charge in [0, 0.05) is 5.56 Å². The highest BCUT2D eigenvalue weighted by Gasteiger charge is 2.13. The van der Waals surface area contributed by atoms with Crippen LogP contribution in [0.4, 0.5) is 10.1 Å². The topological polar surface area (TPSA) is 79.9 Å². The molecule has 0 saturated carbocycles. The van der Waals surface area contributed by atoms with Gasteiger partial charge in [-0.15, -0.1) is 0 Å². The highest BCUT2D eigenvalue weighted by molar-refractivity contribution is 6.29. The van der Waals surface area contributed by atoms with E-state index in [9.17, 15) is 9.18 Å². The van der Waals surface area contributed by atoms with Crippen LogP contribution in [-0.4, -0.2) is 20.9 Å². The number of ether oxygens (including phenoxy) is 1. The van der Waals surface area contributed by atoms with Crippen molar-refractivity contribution in [1.82, 2.24) is 15.0 Å². The van der Waals surface area contributed by atoms with Crippen LogP contribution in [0.2, 0.25) is 5.15 Å². The summed E-state index contributed by atoms with van der Waals surface area (Å²) >= 11 is 5.70. The van der Waals surface area contributed by atoms with E-state index in [1.54, 1.807) is 12.1 Å². The summed E-state index contributed by atoms with van der Waals surface area (Å²) in [5.41, 5.74) is 2.08. The first-order valence-corrected chi connectivity index (χ1v) is 8.31. The lowest BCUT2D eigenvalue weighted by atomic mass is 10.2. The van der Waals surface area contributed by atoms with Crippen LogP contribution < -0.4 is 10.1 Å². The molecule has 0 aliphatic carbocycles. The predicted octanol–water partition coefficient (Wildman–Crippen LogP) is 4.80. The average molecular weight is 383 g/mol. The number of carbonyl (C=O) groups is 1. The fourth-order valence-corrected chi connectivity index (χ4v) is 2.57. The number of pyridine rings is 1. The minimum Gasteiger partial charge on any atom is -0.422 e. The number of imidazole rings is 1. The van der Waals surface area contributed by atoms with Gasteiger partial charge in [0.15, 0.2) is 11.6 Å². The molecule has 0 bridgehead atoms. The summed E-state index contributed by atoms with van der Waals surface area (Å²) in [5.74, 6) is -1.20. The monoisotopic (exact) mass is 382 g/mol. The molecule has 0 aliphatic rings. The third-order valence-electron chi connectivity index (χ3n) is 3.75. The molecule has 0 fully saturated rings. The zero-order chi connectivity index (χ0) is 18.8. The molecule has 2 heterocycles. The van der Waals surface area contributed by atoms with Gasteiger partial charge in [-0.1, -0.05) is 23.7 Å². The van der Waals surface area contributed by atoms with Crippen LogP contribution in [0, 0.1) is 5.82 Å². The third kappa shape index (κ3) is 3.73. The first kappa shape index (κ1) is 17.0. The normalized spacial score (nSPS) is 10.7. The number of carbonyl (C=O) groups excluding carboxylic acids is 1. The van der Waals surface area contributed by atoms with Crippen LogP contribution in [0.3, 0.4) is 0 Å². The molecule has 6 nitrogen and oxygen atoms in total. The second-order valence-electron chi connectivity index (χ2n) is 5.63. The minimum atomic E-state index is -0.683. The maximum Gasteiger partial charge on any atom is 0.300 e. The number of anilines is 1. The number of amides is 1. The van der Waals surface area contributed by atoms with E-state index < -0.39 is 11.7 Å². The van der Waals surface area contributed by atoms with Gasteiger partial charge in [0.1, 0.15) is 5.15 Å². The highest BCUT2D eigenvalue weighted by atomic mass is 35.5. The molecule has 4 rings (SSSR count). The van der Waals surface area contributed by atoms with Crippen molar-refractivity contribution in [3.8, 4) is 11.8 Å². The SMILES string of the molecule is O=C(Nc1ccc(Cl)nc1)c1ccc(Oc2nc3ccccc3[nH]2)c(F)c1. The Morgan fingerprint density at radius 2 is 2.00 bits per heavy atom. The van der Waals surface area contributed by atoms with Gasteiger partial charge in [0.05, 0.1) is 22.9 Å². The van der Waals surface area contributed by atoms with E-state index in [1.165, 1.54) is 18.3 Å². The molecule has 0 spiro atoms. The van der Waals surface area contributed by atoms with Crippen molar-refractivity contribution >= 4 is 34.2 Å². The van der Waals surface area contributed by atoms with E-state index in [0.29, 0.717) is 16.4 Å². The molecule has 0 unspecified atom stereocenters. The van der Waals surface area contributed by atoms with Gasteiger partial charge in [-0.3, -0.25) is 4.79 Å². The number of H-pyrrole nitrogens is 1. The van der Waals surface area contributed by atoms with Crippen molar-refractivity contribution in [1.29, 1.82) is 0 Å². The van der Waals surface area contributed by atoms with E-state index in [-0.39, 0.29) is 17.3 Å². The van der Waals surface area contributed by atoms with Crippen LogP contribution in [0.25, 0.3) is 11.0 Å². The largest absolute Gasteiger partial charge is 0.422 e. The summed E-state index contributed by atoms with van der Waals surface area (Å²) in [6.07, 6.45) is 1.41. The molecule has 4 aromatic rings. The van der Waals surface area contributed by atoms with Crippen LogP contribution in [0.15, 0.2) is 60.8 Å². The first-order valence-electron chi connectivity index (χ1n) is 7.93. The van der Waals surface area contributed by atoms with Gasteiger partial charge in [0.25, 0.3) is 11.9 Å². The van der Waals surface area contributed by atoms with Crippen molar-refractivity contribution in [3.63, 3.8) is 0 Å². The number of aromatic nitrogens is 3. The summed E-state index contributed by atoms with van der Waals surface area (Å²) in [7, 11) is 0. The molecule has 0 saturated heterocycles. The van der Waals surface area contributed by atoms with Crippen LogP contribution in [0.5, 0.6) is 11.8 Å². The van der Waals surface area contributed by atoms with Crippen molar-refractivity contribution < 1.29 is 13.9 Å². The predicted molar refractivity (Wildman–Crippen MR) is 99.8 cm³/mol. The maximum absolute atomic E-state index is 14.4. The number of rotatable bonds is 4. The van der Waals surface area contributed by atoms with Crippen molar-refractivity contribution in [3.05, 3.63) is 77.3 Å². The first-order chi connectivity index (χ1) is 13.1. The maximum atomic E-state index is 14.4. The highest BCUT2D eigenvalue weighted by Crippen LogP contribution is 2.25. The molecular weight excluding hydrogens is 371 g/mol. The number of aromatic amines is 1. The Morgan fingerprint density at radius 1 is 1.15 bits per heavy atom. The average Bonchev–Trinajstić information content (AvgIpc) is 3.07. The summed E-state index contributed by atoms with van der Waals surface area (Å²) in [5, 5.41) is 2.92. The Morgan fingerprint density at radius 3 is 2.74 bits per heavy atom. The summed E-state index contributed by atoms with van der Waals surface area (Å²) < 4.78 is 19.8. The smallest absolute Gasteiger partial charge is 0.300 e. The number of fused-ring (bicyclic) bond motifs is 1. The number of para-hydroxylation sites is 2. The fraction of sp³-hybridized carbons (Fsp3) is 0. The van der Waals surface area contributed by atoms with Crippen molar-refractivity contribution in [2.24, 2.45) is 0 Å². The molecule has 0 aliphatic heterocycles. The fourth-order valence-electron chi connectivity index (χ4n) is 2.46. The number of benzene rings is 2. The van der Waals surface area contributed by atoms with Crippen LogP contribution in [-0.2, 0) is 0 Å². The number of nitrogens with zero attached hydrogens (tertiary/aromatic N) is 2. The van der Waals surface area contributed by atoms with Gasteiger partial charge in [-0.2, -0.15) is 4.98 Å².